The molecule has 0 aliphatic heterocycles. The fourth-order valence-electron chi connectivity index (χ4n) is 2.22. The molecule has 0 saturated heterocycles. The summed E-state index contributed by atoms with van der Waals surface area (Å²) in [7, 11) is 1.32. The predicted molar refractivity (Wildman–Crippen MR) is 99.4 cm³/mol. The van der Waals surface area contributed by atoms with E-state index in [-0.39, 0.29) is 24.5 Å². The summed E-state index contributed by atoms with van der Waals surface area (Å²) in [5.41, 5.74) is -0.00932. The first-order chi connectivity index (χ1) is 13.5. The number of halogens is 1. The third-order valence-electron chi connectivity index (χ3n) is 3.55. The molecule has 0 heterocycles. The quantitative estimate of drug-likeness (QED) is 0.495. The van der Waals surface area contributed by atoms with Crippen LogP contribution in [-0.2, 0) is 9.53 Å². The molecule has 0 bridgehead atoms. The van der Waals surface area contributed by atoms with E-state index in [9.17, 15) is 14.0 Å². The van der Waals surface area contributed by atoms with E-state index in [0.29, 0.717) is 12.4 Å². The molecule has 1 N–H and O–H groups in total. The zero-order valence-electron chi connectivity index (χ0n) is 15.7. The molecule has 0 unspecified atom stereocenters. The van der Waals surface area contributed by atoms with Crippen LogP contribution in [0.25, 0.3) is 0 Å². The van der Waals surface area contributed by atoms with Crippen molar-refractivity contribution in [3.63, 3.8) is 0 Å². The first kappa shape index (κ1) is 21.0. The number of hydrogen-bond acceptors (Lipinski definition) is 6. The molecular formula is C20H22FNO6. The van der Waals surface area contributed by atoms with Crippen LogP contribution in [0.1, 0.15) is 17.3 Å². The summed E-state index contributed by atoms with van der Waals surface area (Å²) in [4.78, 5) is 23.6. The molecule has 1 amide bonds. The van der Waals surface area contributed by atoms with Crippen molar-refractivity contribution >= 4 is 11.9 Å². The van der Waals surface area contributed by atoms with Crippen molar-refractivity contribution in [2.75, 3.05) is 33.5 Å². The van der Waals surface area contributed by atoms with Gasteiger partial charge in [-0.05, 0) is 49.4 Å². The molecule has 150 valence electrons. The molecule has 2 rings (SSSR count). The van der Waals surface area contributed by atoms with E-state index in [1.54, 1.807) is 24.3 Å². The summed E-state index contributed by atoms with van der Waals surface area (Å²) in [6, 6.07) is 10.8. The van der Waals surface area contributed by atoms with E-state index in [2.05, 4.69) is 5.32 Å². The molecule has 28 heavy (non-hydrogen) atoms. The van der Waals surface area contributed by atoms with Gasteiger partial charge in [-0.3, -0.25) is 4.79 Å². The van der Waals surface area contributed by atoms with Crippen molar-refractivity contribution in [3.05, 3.63) is 53.8 Å². The summed E-state index contributed by atoms with van der Waals surface area (Å²) in [5.74, 6) is -0.568. The van der Waals surface area contributed by atoms with Crippen LogP contribution < -0.4 is 19.5 Å². The lowest BCUT2D eigenvalue weighted by Gasteiger charge is -2.09. The Kier molecular flexibility index (Phi) is 8.08. The van der Waals surface area contributed by atoms with Crippen LogP contribution in [-0.4, -0.2) is 45.4 Å². The largest absolute Gasteiger partial charge is 0.494 e. The summed E-state index contributed by atoms with van der Waals surface area (Å²) >= 11 is 0. The van der Waals surface area contributed by atoms with Crippen LogP contribution in [0.15, 0.2) is 42.5 Å². The van der Waals surface area contributed by atoms with Gasteiger partial charge in [-0.2, -0.15) is 0 Å². The Balaban J connectivity index is 1.67. The smallest absolute Gasteiger partial charge is 0.338 e. The van der Waals surface area contributed by atoms with Gasteiger partial charge in [0.1, 0.15) is 18.1 Å². The van der Waals surface area contributed by atoms with E-state index in [4.69, 9.17) is 18.9 Å². The third-order valence-corrected chi connectivity index (χ3v) is 3.55. The molecule has 0 atom stereocenters. The molecule has 0 aliphatic carbocycles. The zero-order valence-corrected chi connectivity index (χ0v) is 15.7. The van der Waals surface area contributed by atoms with Crippen molar-refractivity contribution in [1.82, 2.24) is 5.32 Å². The number of nitrogens with one attached hydrogen (secondary N) is 1. The Labute approximate surface area is 162 Å². The van der Waals surface area contributed by atoms with E-state index in [1.807, 2.05) is 6.92 Å². The summed E-state index contributed by atoms with van der Waals surface area (Å²) in [6.07, 6.45) is 0. The standard InChI is InChI=1S/C20H22FNO6/c1-3-26-15-5-7-16(8-6-15)27-11-10-22-19(23)13-28-20(24)14-4-9-18(25-2)17(21)12-14/h4-9,12H,3,10-11,13H2,1-2H3,(H,22,23). The van der Waals surface area contributed by atoms with Gasteiger partial charge in [-0.15, -0.1) is 0 Å². The lowest BCUT2D eigenvalue weighted by Crippen LogP contribution is -2.32. The van der Waals surface area contributed by atoms with Crippen molar-refractivity contribution in [2.24, 2.45) is 0 Å². The van der Waals surface area contributed by atoms with Crippen LogP contribution in [0.3, 0.4) is 0 Å². The number of benzene rings is 2. The highest BCUT2D eigenvalue weighted by Gasteiger charge is 2.13. The summed E-state index contributed by atoms with van der Waals surface area (Å²) in [5, 5.41) is 2.56. The van der Waals surface area contributed by atoms with Gasteiger partial charge in [0.05, 0.1) is 25.8 Å². The lowest BCUT2D eigenvalue weighted by molar-refractivity contribution is -0.124. The van der Waals surface area contributed by atoms with Gasteiger partial charge in [0, 0.05) is 0 Å². The third kappa shape index (κ3) is 6.46. The fourth-order valence-corrected chi connectivity index (χ4v) is 2.22. The van der Waals surface area contributed by atoms with E-state index in [1.165, 1.54) is 19.2 Å². The lowest BCUT2D eigenvalue weighted by atomic mass is 10.2. The van der Waals surface area contributed by atoms with E-state index < -0.39 is 24.3 Å². The Bertz CT molecular complexity index is 794. The molecule has 0 spiro atoms. The maximum atomic E-state index is 13.6. The second kappa shape index (κ2) is 10.8. The van der Waals surface area contributed by atoms with Crippen LogP contribution >= 0.6 is 0 Å². The van der Waals surface area contributed by atoms with Gasteiger partial charge < -0.3 is 24.3 Å². The zero-order chi connectivity index (χ0) is 20.4. The predicted octanol–water partition coefficient (Wildman–Crippen LogP) is 2.58. The number of rotatable bonds is 10. The van der Waals surface area contributed by atoms with Gasteiger partial charge >= 0.3 is 5.97 Å². The van der Waals surface area contributed by atoms with Gasteiger partial charge in [-0.25, -0.2) is 9.18 Å². The number of methoxy groups -OCH3 is 1. The minimum atomic E-state index is -0.803. The Morgan fingerprint density at radius 1 is 1.04 bits per heavy atom. The number of amides is 1. The average molecular weight is 391 g/mol. The molecule has 0 saturated carbocycles. The van der Waals surface area contributed by atoms with Gasteiger partial charge in [0.25, 0.3) is 5.91 Å². The highest BCUT2D eigenvalue weighted by molar-refractivity contribution is 5.91. The molecular weight excluding hydrogens is 369 g/mol. The SMILES string of the molecule is CCOc1ccc(OCCNC(=O)COC(=O)c2ccc(OC)c(F)c2)cc1. The molecule has 8 heteroatoms. The fraction of sp³-hybridized carbons (Fsp3) is 0.300. The highest BCUT2D eigenvalue weighted by Crippen LogP contribution is 2.18. The number of carbonyl (C=O) groups excluding carboxylic acids is 2. The maximum absolute atomic E-state index is 13.6. The minimum absolute atomic E-state index is 0.00932. The second-order valence-corrected chi connectivity index (χ2v) is 5.53. The van der Waals surface area contributed by atoms with Crippen molar-refractivity contribution in [3.8, 4) is 17.2 Å². The second-order valence-electron chi connectivity index (χ2n) is 5.53. The van der Waals surface area contributed by atoms with E-state index >= 15 is 0 Å². The number of ether oxygens (including phenoxy) is 4. The van der Waals surface area contributed by atoms with Crippen LogP contribution in [0.4, 0.5) is 4.39 Å². The molecule has 0 radical (unpaired) electrons. The minimum Gasteiger partial charge on any atom is -0.494 e. The van der Waals surface area contributed by atoms with Crippen molar-refractivity contribution in [1.29, 1.82) is 0 Å². The van der Waals surface area contributed by atoms with Crippen LogP contribution in [0, 0.1) is 5.82 Å². The van der Waals surface area contributed by atoms with Gasteiger partial charge in [-0.1, -0.05) is 0 Å². The molecule has 2 aromatic carbocycles. The molecule has 0 aromatic heterocycles. The maximum Gasteiger partial charge on any atom is 0.338 e. The Hall–Kier alpha value is -3.29. The number of hydrogen-bond donors (Lipinski definition) is 1. The Morgan fingerprint density at radius 3 is 2.32 bits per heavy atom. The van der Waals surface area contributed by atoms with Gasteiger partial charge in [0.2, 0.25) is 0 Å². The first-order valence-electron chi connectivity index (χ1n) is 8.66. The van der Waals surface area contributed by atoms with Gasteiger partial charge in [0.15, 0.2) is 18.2 Å². The summed E-state index contributed by atoms with van der Waals surface area (Å²) < 4.78 is 34.0. The molecule has 0 fully saturated rings. The monoisotopic (exact) mass is 391 g/mol. The highest BCUT2D eigenvalue weighted by atomic mass is 19.1. The van der Waals surface area contributed by atoms with Crippen LogP contribution in [0.5, 0.6) is 17.2 Å². The molecule has 7 nitrogen and oxygen atoms in total. The van der Waals surface area contributed by atoms with E-state index in [0.717, 1.165) is 11.8 Å². The van der Waals surface area contributed by atoms with Crippen molar-refractivity contribution < 1.29 is 32.9 Å². The molecule has 0 aliphatic rings. The van der Waals surface area contributed by atoms with Crippen molar-refractivity contribution in [2.45, 2.75) is 6.92 Å². The summed E-state index contributed by atoms with van der Waals surface area (Å²) in [6.45, 7) is 2.50. The Morgan fingerprint density at radius 2 is 1.71 bits per heavy atom. The normalized spacial score (nSPS) is 10.1. The first-order valence-corrected chi connectivity index (χ1v) is 8.66. The number of esters is 1. The average Bonchev–Trinajstić information content (AvgIpc) is 2.70. The molecule has 2 aromatic rings. The topological polar surface area (TPSA) is 83.1 Å². The van der Waals surface area contributed by atoms with Crippen LogP contribution in [0.2, 0.25) is 0 Å². The number of carbonyl (C=O) groups is 2.